The molecule has 0 saturated carbocycles. The normalized spacial score (nSPS) is 14.9. The number of hydrogen-bond donors (Lipinski definition) is 1. The van der Waals surface area contributed by atoms with Crippen LogP contribution in [0.4, 0.5) is 4.39 Å². The topological polar surface area (TPSA) is 81.4 Å². The van der Waals surface area contributed by atoms with Gasteiger partial charge in [-0.3, -0.25) is 4.79 Å². The Morgan fingerprint density at radius 3 is 2.89 bits per heavy atom. The van der Waals surface area contributed by atoms with Gasteiger partial charge in [0.2, 0.25) is 0 Å². The van der Waals surface area contributed by atoms with E-state index in [1.54, 1.807) is 18.2 Å². The average Bonchev–Trinajstić information content (AvgIpc) is 3.44. The Kier molecular flexibility index (Phi) is 5.19. The summed E-state index contributed by atoms with van der Waals surface area (Å²) in [5.74, 6) is -1.63. The number of carboxylic acid groups (broad SMARTS) is 1. The minimum atomic E-state index is -1.24. The minimum absolute atomic E-state index is 0.0172. The number of aromatic nitrogens is 2. The lowest BCUT2D eigenvalue weighted by Crippen LogP contribution is -2.14. The molecule has 36 heavy (non-hydrogen) atoms. The van der Waals surface area contributed by atoms with Gasteiger partial charge in [-0.05, 0) is 30.7 Å². The van der Waals surface area contributed by atoms with E-state index in [1.165, 1.54) is 10.6 Å². The highest BCUT2D eigenvalue weighted by molar-refractivity contribution is 6.30. The molecule has 0 atom stereocenters. The maximum absolute atomic E-state index is 15.2. The van der Waals surface area contributed by atoms with Gasteiger partial charge in [0.05, 0.1) is 29.6 Å². The molecule has 4 aromatic rings. The van der Waals surface area contributed by atoms with Crippen molar-refractivity contribution >= 4 is 50.7 Å². The Morgan fingerprint density at radius 1 is 1.28 bits per heavy atom. The fraction of sp³-hybridized carbons (Fsp3) is 0.179. The number of carboxylic acids is 1. The third-order valence-corrected chi connectivity index (χ3v) is 7.08. The molecule has 0 saturated heterocycles. The van der Waals surface area contributed by atoms with Crippen LogP contribution in [-0.2, 0) is 17.8 Å². The largest absolute Gasteiger partial charge is 0.492 e. The minimum Gasteiger partial charge on any atom is -0.492 e. The lowest BCUT2D eigenvalue weighted by Gasteiger charge is -2.13. The Bertz CT molecular complexity index is 1700. The summed E-state index contributed by atoms with van der Waals surface area (Å²) in [5, 5.41) is 11.9. The summed E-state index contributed by atoms with van der Waals surface area (Å²) in [4.78, 5) is 30.1. The fourth-order valence-electron chi connectivity index (χ4n) is 5.12. The standard InChI is InChI=1S/C28H20ClFN2O4/c1-14-6-7-15-11-16(27(29)31-20(15)10-14)13-32-21-12-19(30)17-8-9-36-26(17)24(21)23(25(32)28(34)35)18-4-2-3-5-22(18)33/h2-4,6-7,10-12H,5,8-9,13H2,1H3,(H,34,35). The molecule has 1 aliphatic carbocycles. The summed E-state index contributed by atoms with van der Waals surface area (Å²) in [5.41, 5.74) is 3.43. The molecule has 0 radical (unpaired) electrons. The van der Waals surface area contributed by atoms with Gasteiger partial charge in [0.25, 0.3) is 0 Å². The van der Waals surface area contributed by atoms with Crippen LogP contribution in [-0.4, -0.2) is 33.0 Å². The van der Waals surface area contributed by atoms with Gasteiger partial charge in [0, 0.05) is 40.5 Å². The molecular weight excluding hydrogens is 483 g/mol. The molecule has 8 heteroatoms. The number of aryl methyl sites for hydroxylation is 1. The first kappa shape index (κ1) is 22.5. The number of aromatic carboxylic acids is 1. The van der Waals surface area contributed by atoms with Crippen LogP contribution in [0.25, 0.3) is 27.4 Å². The molecule has 0 amide bonds. The average molecular weight is 503 g/mol. The van der Waals surface area contributed by atoms with Crippen LogP contribution in [0.2, 0.25) is 5.15 Å². The summed E-state index contributed by atoms with van der Waals surface area (Å²) in [6, 6.07) is 8.98. The summed E-state index contributed by atoms with van der Waals surface area (Å²) in [7, 11) is 0. The molecule has 0 unspecified atom stereocenters. The molecule has 1 N–H and O–H groups in total. The number of allylic oxidation sites excluding steroid dienone is 4. The predicted octanol–water partition coefficient (Wildman–Crippen LogP) is 5.88. The van der Waals surface area contributed by atoms with E-state index in [0.29, 0.717) is 34.2 Å². The van der Waals surface area contributed by atoms with E-state index < -0.39 is 11.8 Å². The van der Waals surface area contributed by atoms with Crippen molar-refractivity contribution in [3.05, 3.63) is 87.5 Å². The van der Waals surface area contributed by atoms with Gasteiger partial charge in [0.15, 0.2) is 5.78 Å². The highest BCUT2D eigenvalue weighted by atomic mass is 35.5. The van der Waals surface area contributed by atoms with Crippen molar-refractivity contribution in [1.29, 1.82) is 0 Å². The number of rotatable bonds is 4. The molecule has 6 nitrogen and oxygen atoms in total. The third kappa shape index (κ3) is 3.42. The lowest BCUT2D eigenvalue weighted by molar-refractivity contribution is -0.113. The van der Waals surface area contributed by atoms with E-state index in [-0.39, 0.29) is 47.3 Å². The molecule has 6 rings (SSSR count). The van der Waals surface area contributed by atoms with E-state index >= 15 is 4.39 Å². The van der Waals surface area contributed by atoms with Gasteiger partial charge in [-0.1, -0.05) is 42.0 Å². The third-order valence-electron chi connectivity index (χ3n) is 6.76. The summed E-state index contributed by atoms with van der Waals surface area (Å²) < 4.78 is 22.5. The molecule has 1 aliphatic heterocycles. The van der Waals surface area contributed by atoms with Gasteiger partial charge >= 0.3 is 5.97 Å². The number of halogens is 2. The van der Waals surface area contributed by atoms with Crippen molar-refractivity contribution in [2.75, 3.05) is 6.61 Å². The number of Topliss-reactive ketones (excluding diaryl/α,β-unsaturated/α-hetero) is 1. The second kappa shape index (κ2) is 8.31. The van der Waals surface area contributed by atoms with Gasteiger partial charge in [-0.25, -0.2) is 14.2 Å². The molecule has 0 fully saturated rings. The number of carbonyl (C=O) groups excluding carboxylic acids is 1. The molecule has 0 bridgehead atoms. The molecular formula is C28H20ClFN2O4. The zero-order chi connectivity index (χ0) is 25.1. The van der Waals surface area contributed by atoms with Crippen LogP contribution < -0.4 is 4.74 Å². The molecule has 180 valence electrons. The van der Waals surface area contributed by atoms with E-state index in [9.17, 15) is 14.7 Å². The molecule has 3 heterocycles. The lowest BCUT2D eigenvalue weighted by atomic mass is 9.92. The van der Waals surface area contributed by atoms with Crippen molar-refractivity contribution in [3.8, 4) is 5.75 Å². The number of nitrogens with zero attached hydrogens (tertiary/aromatic N) is 2. The van der Waals surface area contributed by atoms with Gasteiger partial charge in [-0.2, -0.15) is 0 Å². The molecule has 2 aliphatic rings. The van der Waals surface area contributed by atoms with Crippen molar-refractivity contribution in [2.24, 2.45) is 0 Å². The summed E-state index contributed by atoms with van der Waals surface area (Å²) >= 11 is 6.55. The SMILES string of the molecule is Cc1ccc2cc(Cn3c(C(=O)O)c(C4=CC=CCC4=O)c4c5c(c(F)cc43)CCO5)c(Cl)nc2c1. The van der Waals surface area contributed by atoms with Crippen LogP contribution >= 0.6 is 11.6 Å². The highest BCUT2D eigenvalue weighted by Gasteiger charge is 2.33. The first-order valence-corrected chi connectivity index (χ1v) is 11.9. The second-order valence-corrected chi connectivity index (χ2v) is 9.40. The zero-order valence-corrected chi connectivity index (χ0v) is 20.0. The van der Waals surface area contributed by atoms with Crippen molar-refractivity contribution < 1.29 is 23.8 Å². The Hall–Kier alpha value is -3.97. The van der Waals surface area contributed by atoms with E-state index in [1.807, 2.05) is 31.2 Å². The first-order valence-electron chi connectivity index (χ1n) is 11.5. The highest BCUT2D eigenvalue weighted by Crippen LogP contribution is 2.44. The predicted molar refractivity (Wildman–Crippen MR) is 135 cm³/mol. The number of benzene rings is 2. The monoisotopic (exact) mass is 502 g/mol. The fourth-order valence-corrected chi connectivity index (χ4v) is 5.33. The Morgan fingerprint density at radius 2 is 2.11 bits per heavy atom. The number of hydrogen-bond acceptors (Lipinski definition) is 4. The van der Waals surface area contributed by atoms with Crippen molar-refractivity contribution in [2.45, 2.75) is 26.3 Å². The van der Waals surface area contributed by atoms with Gasteiger partial charge in [-0.15, -0.1) is 0 Å². The van der Waals surface area contributed by atoms with Crippen LogP contribution in [0.3, 0.4) is 0 Å². The summed E-state index contributed by atoms with van der Waals surface area (Å²) in [6.07, 6.45) is 5.57. The smallest absolute Gasteiger partial charge is 0.353 e. The molecule has 0 spiro atoms. The van der Waals surface area contributed by atoms with Crippen LogP contribution in [0, 0.1) is 12.7 Å². The Balaban J connectivity index is 1.66. The zero-order valence-electron chi connectivity index (χ0n) is 19.3. The number of pyridine rings is 1. The second-order valence-electron chi connectivity index (χ2n) is 9.04. The molecule has 2 aromatic carbocycles. The van der Waals surface area contributed by atoms with Gasteiger partial charge < -0.3 is 14.4 Å². The van der Waals surface area contributed by atoms with Crippen LogP contribution in [0.1, 0.15) is 39.2 Å². The quantitative estimate of drug-likeness (QED) is 0.352. The number of ketones is 1. The maximum Gasteiger partial charge on any atom is 0.353 e. The van der Waals surface area contributed by atoms with Crippen LogP contribution in [0.15, 0.2) is 48.6 Å². The maximum atomic E-state index is 15.2. The van der Waals surface area contributed by atoms with E-state index in [4.69, 9.17) is 16.3 Å². The van der Waals surface area contributed by atoms with E-state index in [2.05, 4.69) is 4.98 Å². The van der Waals surface area contributed by atoms with Crippen molar-refractivity contribution in [1.82, 2.24) is 9.55 Å². The number of carbonyl (C=O) groups is 2. The van der Waals surface area contributed by atoms with Crippen LogP contribution in [0.5, 0.6) is 5.75 Å². The Labute approximate surface area is 210 Å². The van der Waals surface area contributed by atoms with Gasteiger partial charge in [0.1, 0.15) is 22.4 Å². The summed E-state index contributed by atoms with van der Waals surface area (Å²) in [6.45, 7) is 2.26. The van der Waals surface area contributed by atoms with Crippen molar-refractivity contribution in [3.63, 3.8) is 0 Å². The molecule has 2 aromatic heterocycles. The number of fused-ring (bicyclic) bond motifs is 4. The number of ether oxygens (including phenoxy) is 1. The van der Waals surface area contributed by atoms with E-state index in [0.717, 1.165) is 16.5 Å². The first-order chi connectivity index (χ1) is 17.3.